The third-order valence-corrected chi connectivity index (χ3v) is 7.91. The summed E-state index contributed by atoms with van der Waals surface area (Å²) in [7, 11) is 4.93. The lowest BCUT2D eigenvalue weighted by Gasteiger charge is -2.03. The van der Waals surface area contributed by atoms with Crippen molar-refractivity contribution in [1.82, 2.24) is 10.2 Å². The number of benzene rings is 1. The van der Waals surface area contributed by atoms with Crippen LogP contribution in [0, 0.1) is 0 Å². The highest BCUT2D eigenvalue weighted by atomic mass is 35.5. The average Bonchev–Trinajstić information content (AvgIpc) is 3.55. The number of alkyl halides is 1. The lowest BCUT2D eigenvalue weighted by Crippen LogP contribution is -2.18. The quantitative estimate of drug-likeness (QED) is 0.0217. The Morgan fingerprint density at radius 2 is 1.16 bits per heavy atom. The van der Waals surface area contributed by atoms with E-state index in [0.29, 0.717) is 56.5 Å². The number of esters is 5. The third kappa shape index (κ3) is 97.5. The van der Waals surface area contributed by atoms with Gasteiger partial charge in [0.25, 0.3) is 0 Å². The topological polar surface area (TPSA) is 305 Å². The Kier molecular flexibility index (Phi) is 90.4. The molecule has 484 valence electrons. The molecule has 2 rings (SSSR count). The Balaban J connectivity index is -0.000000109. The van der Waals surface area contributed by atoms with Crippen LogP contribution in [0.25, 0.3) is 0 Å². The Labute approximate surface area is 516 Å². The molecule has 1 aliphatic rings. The standard InChI is InChI=1S/C9H8O.C7H11ClO3.C7H12O.3C6H10O2.C6H8O.C5H9NO.C5H8O3.C4H7NO.C3H5NO/c1-2-9(10)8-6-4-3-5-7-8;1-2-7(9)11-6-5-10-4-3-8;1-3-5-6-7(8)4-2;1-4-8-6(7)5(2)3;2*1-3-5-6(7)8-4-2;7-6-4-2-1-3-5-6;1-4-5(7)6(2)3;1-2-5(7)8-4-3-6;1-3-4(6)5-2;1-2-3(4)5/h2-7H,1H2;2H,1,3-6H2;4H,2-3,5-6H2,1H3;2,4H2,1,3H3;2*3,5H,4H2,1-2H3;2,4H,1,3,5H2;4H,1H2,2-3H3;2,6H,1,3-4H2;3H,1H2,2H3,(H,5,6);2H,1H2,(H2,4,5)/b;;;;5-3+;5-3-;;;;;. The van der Waals surface area contributed by atoms with Crippen molar-refractivity contribution in [3.05, 3.63) is 173 Å². The molecule has 0 heterocycles. The number of allylic oxidation sites excluding steroid dienone is 6. The molecule has 4 N–H and O–H groups in total. The van der Waals surface area contributed by atoms with Gasteiger partial charge in [0.2, 0.25) is 17.7 Å². The molecule has 0 aliphatic heterocycles. The van der Waals surface area contributed by atoms with Gasteiger partial charge in [-0.05, 0) is 97.3 Å². The number of rotatable bonds is 24. The van der Waals surface area contributed by atoms with E-state index in [1.54, 1.807) is 93.0 Å². The first kappa shape index (κ1) is 96.5. The van der Waals surface area contributed by atoms with E-state index in [9.17, 15) is 52.7 Å². The lowest BCUT2D eigenvalue weighted by molar-refractivity contribution is -0.139. The number of unbranched alkanes of at least 4 members (excludes halogenated alkanes) is 1. The molecule has 0 radical (unpaired) electrons. The number of ketones is 3. The fourth-order valence-electron chi connectivity index (χ4n) is 3.68. The number of nitrogens with zero attached hydrogens (tertiary/aromatic N) is 1. The Morgan fingerprint density at radius 1 is 0.674 bits per heavy atom. The van der Waals surface area contributed by atoms with Gasteiger partial charge in [0.15, 0.2) is 17.3 Å². The predicted molar refractivity (Wildman–Crippen MR) is 342 cm³/mol. The Hall–Kier alpha value is -8.66. The number of aliphatic hydroxyl groups is 1. The maximum atomic E-state index is 10.9. The van der Waals surface area contributed by atoms with Gasteiger partial charge < -0.3 is 49.5 Å². The van der Waals surface area contributed by atoms with Crippen molar-refractivity contribution in [2.75, 3.05) is 79.9 Å². The molecule has 0 saturated carbocycles. The zero-order chi connectivity index (χ0) is 68.4. The monoisotopic (exact) mass is 1230 g/mol. The van der Waals surface area contributed by atoms with Gasteiger partial charge in [0.05, 0.1) is 39.6 Å². The van der Waals surface area contributed by atoms with Crippen LogP contribution in [0.5, 0.6) is 0 Å². The largest absolute Gasteiger partial charge is 0.463 e. The first-order chi connectivity index (χ1) is 40.7. The van der Waals surface area contributed by atoms with Gasteiger partial charge in [-0.2, -0.15) is 0 Å². The molecule has 0 saturated heterocycles. The van der Waals surface area contributed by atoms with Crippen LogP contribution in [0.4, 0.5) is 0 Å². The number of hydrogen-bond donors (Lipinski definition) is 3. The SMILES string of the molecule is C/C=C/C(=O)OCC.C/C=C\C(=O)OCC.C=C(C)C(=O)OCC.C=CC(=O)CCCC.C=CC(=O)N(C)C.C=CC(=O)NC.C=CC(=O)OCCO.C=CC(=O)OCCOCCCl.C=CC(=O)c1ccccc1.C=CC(N)=O.O=C1C=CCCC1. The molecule has 21 nitrogen and oxygen atoms in total. The van der Waals surface area contributed by atoms with E-state index in [2.05, 4.69) is 94.3 Å². The normalized spacial score (nSPS) is 9.47. The average molecular weight is 1230 g/mol. The van der Waals surface area contributed by atoms with Crippen LogP contribution in [-0.4, -0.2) is 155 Å². The van der Waals surface area contributed by atoms with Gasteiger partial charge in [-0.15, -0.1) is 11.6 Å². The summed E-state index contributed by atoms with van der Waals surface area (Å²) in [6.45, 7) is 41.0. The van der Waals surface area contributed by atoms with Crippen molar-refractivity contribution in [3.63, 3.8) is 0 Å². The second-order valence-corrected chi connectivity index (χ2v) is 15.5. The summed E-state index contributed by atoms with van der Waals surface area (Å²) in [5.74, 6) is -1.59. The number of primary amides is 1. The minimum absolute atomic E-state index is 0.0272. The minimum Gasteiger partial charge on any atom is -0.463 e. The highest BCUT2D eigenvalue weighted by molar-refractivity contribution is 6.18. The van der Waals surface area contributed by atoms with Crippen LogP contribution >= 0.6 is 11.6 Å². The predicted octanol–water partition coefficient (Wildman–Crippen LogP) is 9.18. The van der Waals surface area contributed by atoms with Crippen molar-refractivity contribution in [3.8, 4) is 0 Å². The number of halogens is 1. The van der Waals surface area contributed by atoms with Crippen molar-refractivity contribution < 1.29 is 86.3 Å². The van der Waals surface area contributed by atoms with E-state index in [-0.39, 0.29) is 66.9 Å². The van der Waals surface area contributed by atoms with Crippen LogP contribution in [0.15, 0.2) is 168 Å². The third-order valence-electron chi connectivity index (χ3n) is 7.76. The van der Waals surface area contributed by atoms with Gasteiger partial charge in [0.1, 0.15) is 13.2 Å². The summed E-state index contributed by atoms with van der Waals surface area (Å²) in [5.41, 5.74) is 5.68. The summed E-state index contributed by atoms with van der Waals surface area (Å²) < 4.78 is 27.6. The van der Waals surface area contributed by atoms with Gasteiger partial charge in [-0.25, -0.2) is 24.0 Å². The molecule has 1 aliphatic carbocycles. The highest BCUT2D eigenvalue weighted by Gasteiger charge is 2.00. The number of likely N-dealkylation sites (N-methyl/N-ethyl adjacent to an activating group) is 2. The van der Waals surface area contributed by atoms with Crippen molar-refractivity contribution in [2.24, 2.45) is 5.73 Å². The second-order valence-electron chi connectivity index (χ2n) is 15.1. The van der Waals surface area contributed by atoms with E-state index < -0.39 is 17.8 Å². The van der Waals surface area contributed by atoms with Gasteiger partial charge in [-0.3, -0.25) is 28.8 Å². The van der Waals surface area contributed by atoms with Crippen LogP contribution < -0.4 is 11.1 Å². The molecular formula is C64H98ClN3O18. The molecule has 0 unspecified atom stereocenters. The zero-order valence-corrected chi connectivity index (χ0v) is 53.2. The van der Waals surface area contributed by atoms with Crippen LogP contribution in [0.2, 0.25) is 0 Å². The summed E-state index contributed by atoms with van der Waals surface area (Å²) in [4.78, 5) is 115. The summed E-state index contributed by atoms with van der Waals surface area (Å²) in [5, 5.41) is 10.5. The Bertz CT molecular complexity index is 2130. The number of ether oxygens (including phenoxy) is 6. The first-order valence-corrected chi connectivity index (χ1v) is 27.2. The van der Waals surface area contributed by atoms with E-state index in [0.717, 1.165) is 50.3 Å². The molecule has 86 heavy (non-hydrogen) atoms. The molecule has 0 fully saturated rings. The number of carbonyl (C=O) groups is 11. The van der Waals surface area contributed by atoms with Crippen LogP contribution in [0.1, 0.15) is 97.3 Å². The molecule has 22 heteroatoms. The number of aliphatic hydroxyl groups excluding tert-OH is 1. The fourth-order valence-corrected chi connectivity index (χ4v) is 3.79. The first-order valence-electron chi connectivity index (χ1n) is 26.6. The maximum Gasteiger partial charge on any atom is 0.333 e. The number of carbonyl (C=O) groups excluding carboxylic acids is 11. The highest BCUT2D eigenvalue weighted by Crippen LogP contribution is 2.04. The van der Waals surface area contributed by atoms with Gasteiger partial charge in [0, 0.05) is 75.3 Å². The number of nitrogens with two attached hydrogens (primary N) is 1. The van der Waals surface area contributed by atoms with Crippen molar-refractivity contribution >= 4 is 76.5 Å². The summed E-state index contributed by atoms with van der Waals surface area (Å²) in [6, 6.07) is 9.07. The molecule has 3 amide bonds. The fraction of sp³-hybridized carbons (Fsp3) is 0.391. The van der Waals surface area contributed by atoms with Crippen molar-refractivity contribution in [1.29, 1.82) is 0 Å². The lowest BCUT2D eigenvalue weighted by atomic mass is 10.1. The molecule has 0 atom stereocenters. The smallest absolute Gasteiger partial charge is 0.333 e. The number of amides is 3. The molecule has 0 spiro atoms. The van der Waals surface area contributed by atoms with E-state index in [1.165, 1.54) is 41.4 Å². The van der Waals surface area contributed by atoms with Crippen LogP contribution in [-0.2, 0) is 76.4 Å². The van der Waals surface area contributed by atoms with E-state index in [1.807, 2.05) is 24.3 Å². The van der Waals surface area contributed by atoms with E-state index in [4.69, 9.17) is 21.4 Å². The number of nitrogens with one attached hydrogen (secondary N) is 1. The molecule has 0 bridgehead atoms. The van der Waals surface area contributed by atoms with Gasteiger partial charge in [-0.1, -0.05) is 115 Å². The molecule has 0 aromatic heterocycles. The molecular weight excluding hydrogens is 1130 g/mol. The number of hydrogen-bond acceptors (Lipinski definition) is 18. The van der Waals surface area contributed by atoms with Crippen molar-refractivity contribution in [2.45, 2.75) is 87.0 Å². The summed E-state index contributed by atoms with van der Waals surface area (Å²) in [6.07, 6.45) is 23.8. The zero-order valence-electron chi connectivity index (χ0n) is 52.4. The van der Waals surface area contributed by atoms with Crippen LogP contribution in [0.3, 0.4) is 0 Å². The Morgan fingerprint density at radius 3 is 1.42 bits per heavy atom. The summed E-state index contributed by atoms with van der Waals surface area (Å²) >= 11 is 5.32. The second kappa shape index (κ2) is 80.6. The molecule has 1 aromatic carbocycles. The minimum atomic E-state index is -0.501. The molecule has 1 aromatic rings. The maximum absolute atomic E-state index is 10.9. The van der Waals surface area contributed by atoms with Gasteiger partial charge >= 0.3 is 29.8 Å². The van der Waals surface area contributed by atoms with E-state index >= 15 is 0 Å².